The maximum Gasteiger partial charge on any atom is 0.0452 e. The molecule has 2 heterocycles. The lowest BCUT2D eigenvalue weighted by Crippen LogP contribution is -2.42. The van der Waals surface area contributed by atoms with Gasteiger partial charge in [-0.1, -0.05) is 44.0 Å². The van der Waals surface area contributed by atoms with E-state index in [0.29, 0.717) is 6.04 Å². The molecule has 1 atom stereocenters. The Kier molecular flexibility index (Phi) is 4.74. The summed E-state index contributed by atoms with van der Waals surface area (Å²) in [6.45, 7) is 7.23. The van der Waals surface area contributed by atoms with Gasteiger partial charge in [-0.2, -0.15) is 0 Å². The van der Waals surface area contributed by atoms with E-state index < -0.39 is 0 Å². The third-order valence-electron chi connectivity index (χ3n) is 5.06. The van der Waals surface area contributed by atoms with E-state index in [4.69, 9.17) is 0 Å². The molecular formula is C18H28N2. The van der Waals surface area contributed by atoms with Gasteiger partial charge in [0.15, 0.2) is 0 Å². The van der Waals surface area contributed by atoms with Gasteiger partial charge in [-0.15, -0.1) is 0 Å². The highest BCUT2D eigenvalue weighted by atomic mass is 15.2. The van der Waals surface area contributed by atoms with E-state index in [2.05, 4.69) is 41.4 Å². The highest BCUT2D eigenvalue weighted by Crippen LogP contribution is 2.26. The summed E-state index contributed by atoms with van der Waals surface area (Å²) >= 11 is 0. The van der Waals surface area contributed by atoms with Crippen LogP contribution in [0.1, 0.15) is 49.8 Å². The van der Waals surface area contributed by atoms with Gasteiger partial charge in [-0.05, 0) is 55.9 Å². The second-order valence-electron chi connectivity index (χ2n) is 6.49. The number of fused-ring (bicyclic) bond motifs is 1. The Labute approximate surface area is 123 Å². The molecule has 2 heteroatoms. The van der Waals surface area contributed by atoms with E-state index >= 15 is 0 Å². The highest BCUT2D eigenvalue weighted by Gasteiger charge is 2.24. The van der Waals surface area contributed by atoms with Crippen LogP contribution in [0.3, 0.4) is 0 Å². The molecule has 0 bridgehead atoms. The SMILES string of the molecule is CCCC1CCN(CC2NCCc3ccccc32)CC1. The summed E-state index contributed by atoms with van der Waals surface area (Å²) in [5.74, 6) is 0.989. The molecule has 0 saturated carbocycles. The predicted octanol–water partition coefficient (Wildman–Crippen LogP) is 3.39. The van der Waals surface area contributed by atoms with Crippen molar-refractivity contribution in [2.75, 3.05) is 26.2 Å². The molecule has 2 aliphatic rings. The van der Waals surface area contributed by atoms with Crippen LogP contribution in [0.5, 0.6) is 0 Å². The number of benzene rings is 1. The summed E-state index contributed by atoms with van der Waals surface area (Å²) in [6, 6.07) is 9.53. The summed E-state index contributed by atoms with van der Waals surface area (Å²) in [4.78, 5) is 2.67. The van der Waals surface area contributed by atoms with E-state index in [1.807, 2.05) is 0 Å². The molecule has 110 valence electrons. The topological polar surface area (TPSA) is 15.3 Å². The van der Waals surface area contributed by atoms with Gasteiger partial charge in [0.2, 0.25) is 0 Å². The Morgan fingerprint density at radius 2 is 2.00 bits per heavy atom. The molecule has 2 aliphatic heterocycles. The van der Waals surface area contributed by atoms with Crippen LogP contribution in [0.4, 0.5) is 0 Å². The van der Waals surface area contributed by atoms with Gasteiger partial charge >= 0.3 is 0 Å². The highest BCUT2D eigenvalue weighted by molar-refractivity contribution is 5.32. The minimum absolute atomic E-state index is 0.544. The number of hydrogen-bond donors (Lipinski definition) is 1. The van der Waals surface area contributed by atoms with Crippen molar-refractivity contribution in [2.24, 2.45) is 5.92 Å². The standard InChI is InChI=1S/C18H28N2/c1-2-5-15-9-12-20(13-10-15)14-18-17-7-4-3-6-16(17)8-11-19-18/h3-4,6-7,15,18-19H,2,5,8-14H2,1H3. The lowest BCUT2D eigenvalue weighted by Gasteiger charge is -2.36. The van der Waals surface area contributed by atoms with Crippen molar-refractivity contribution in [1.82, 2.24) is 10.2 Å². The number of rotatable bonds is 4. The normalized spacial score (nSPS) is 24.6. The third-order valence-corrected chi connectivity index (χ3v) is 5.06. The summed E-state index contributed by atoms with van der Waals surface area (Å²) in [6.07, 6.45) is 6.77. The largest absolute Gasteiger partial charge is 0.309 e. The predicted molar refractivity (Wildman–Crippen MR) is 85.0 cm³/mol. The number of nitrogens with one attached hydrogen (secondary N) is 1. The maximum absolute atomic E-state index is 3.72. The van der Waals surface area contributed by atoms with Crippen LogP contribution in [0.25, 0.3) is 0 Å². The molecule has 0 amide bonds. The molecule has 1 aromatic rings. The van der Waals surface area contributed by atoms with Crippen molar-refractivity contribution >= 4 is 0 Å². The zero-order valence-electron chi connectivity index (χ0n) is 12.8. The van der Waals surface area contributed by atoms with Gasteiger partial charge in [0.1, 0.15) is 0 Å². The van der Waals surface area contributed by atoms with Gasteiger partial charge < -0.3 is 10.2 Å². The van der Waals surface area contributed by atoms with Crippen LogP contribution in [-0.2, 0) is 6.42 Å². The molecule has 3 rings (SSSR count). The molecule has 1 N–H and O–H groups in total. The maximum atomic E-state index is 3.72. The first kappa shape index (κ1) is 14.1. The fraction of sp³-hybridized carbons (Fsp3) is 0.667. The average molecular weight is 272 g/mol. The van der Waals surface area contributed by atoms with Gasteiger partial charge in [0.25, 0.3) is 0 Å². The monoisotopic (exact) mass is 272 g/mol. The van der Waals surface area contributed by atoms with Crippen molar-refractivity contribution in [3.63, 3.8) is 0 Å². The third kappa shape index (κ3) is 3.24. The van der Waals surface area contributed by atoms with E-state index in [-0.39, 0.29) is 0 Å². The van der Waals surface area contributed by atoms with Crippen LogP contribution in [0, 0.1) is 5.92 Å². The first-order chi connectivity index (χ1) is 9.86. The van der Waals surface area contributed by atoms with Crippen molar-refractivity contribution in [1.29, 1.82) is 0 Å². The number of likely N-dealkylation sites (tertiary alicyclic amines) is 1. The average Bonchev–Trinajstić information content (AvgIpc) is 2.50. The molecule has 1 fully saturated rings. The Morgan fingerprint density at radius 1 is 1.20 bits per heavy atom. The fourth-order valence-electron chi connectivity index (χ4n) is 3.88. The molecular weight excluding hydrogens is 244 g/mol. The van der Waals surface area contributed by atoms with E-state index in [9.17, 15) is 0 Å². The second kappa shape index (κ2) is 6.73. The summed E-state index contributed by atoms with van der Waals surface area (Å²) < 4.78 is 0. The molecule has 0 spiro atoms. The lowest BCUT2D eigenvalue weighted by molar-refractivity contribution is 0.162. The van der Waals surface area contributed by atoms with Crippen LogP contribution in [0.2, 0.25) is 0 Å². The van der Waals surface area contributed by atoms with Crippen molar-refractivity contribution in [3.8, 4) is 0 Å². The van der Waals surface area contributed by atoms with Crippen LogP contribution >= 0.6 is 0 Å². The molecule has 1 unspecified atom stereocenters. The first-order valence-corrected chi connectivity index (χ1v) is 8.40. The van der Waals surface area contributed by atoms with Crippen molar-refractivity contribution < 1.29 is 0 Å². The summed E-state index contributed by atoms with van der Waals surface area (Å²) in [5, 5.41) is 3.72. The van der Waals surface area contributed by atoms with Gasteiger partial charge in [-0.3, -0.25) is 0 Å². The van der Waals surface area contributed by atoms with Gasteiger partial charge in [0, 0.05) is 12.6 Å². The van der Waals surface area contributed by atoms with Crippen LogP contribution in [0.15, 0.2) is 24.3 Å². The molecule has 0 aliphatic carbocycles. The fourth-order valence-corrected chi connectivity index (χ4v) is 3.88. The Hall–Kier alpha value is -0.860. The van der Waals surface area contributed by atoms with E-state index in [1.165, 1.54) is 57.3 Å². The molecule has 20 heavy (non-hydrogen) atoms. The van der Waals surface area contributed by atoms with E-state index in [1.54, 1.807) is 5.56 Å². The Morgan fingerprint density at radius 3 is 2.80 bits per heavy atom. The summed E-state index contributed by atoms with van der Waals surface area (Å²) in [5.41, 5.74) is 3.09. The van der Waals surface area contributed by atoms with Crippen molar-refractivity contribution in [3.05, 3.63) is 35.4 Å². The summed E-state index contributed by atoms with van der Waals surface area (Å²) in [7, 11) is 0. The number of hydrogen-bond acceptors (Lipinski definition) is 2. The molecule has 0 radical (unpaired) electrons. The van der Waals surface area contributed by atoms with Gasteiger partial charge in [-0.25, -0.2) is 0 Å². The van der Waals surface area contributed by atoms with E-state index in [0.717, 1.165) is 12.5 Å². The lowest BCUT2D eigenvalue weighted by atomic mass is 9.90. The molecule has 1 aromatic carbocycles. The zero-order chi connectivity index (χ0) is 13.8. The Bertz CT molecular complexity index is 421. The molecule has 1 saturated heterocycles. The number of nitrogens with zero attached hydrogens (tertiary/aromatic N) is 1. The molecule has 0 aromatic heterocycles. The minimum Gasteiger partial charge on any atom is -0.309 e. The minimum atomic E-state index is 0.544. The quantitative estimate of drug-likeness (QED) is 0.904. The van der Waals surface area contributed by atoms with Crippen LogP contribution in [-0.4, -0.2) is 31.1 Å². The first-order valence-electron chi connectivity index (χ1n) is 8.40. The van der Waals surface area contributed by atoms with Gasteiger partial charge in [0.05, 0.1) is 0 Å². The molecule has 2 nitrogen and oxygen atoms in total. The van der Waals surface area contributed by atoms with Crippen molar-refractivity contribution in [2.45, 2.75) is 45.1 Å². The zero-order valence-corrected chi connectivity index (χ0v) is 12.8. The number of piperidine rings is 1. The smallest absolute Gasteiger partial charge is 0.0452 e. The Balaban J connectivity index is 1.57. The second-order valence-corrected chi connectivity index (χ2v) is 6.49. The van der Waals surface area contributed by atoms with Crippen LogP contribution < -0.4 is 5.32 Å².